The van der Waals surface area contributed by atoms with Crippen LogP contribution in [0.3, 0.4) is 0 Å². The molecule has 1 aromatic heterocycles. The van der Waals surface area contributed by atoms with Gasteiger partial charge in [-0.05, 0) is 91.0 Å². The molecule has 4 atom stereocenters. The molecule has 0 bridgehead atoms. The number of pyridine rings is 1. The second kappa shape index (κ2) is 11.9. The van der Waals surface area contributed by atoms with Crippen molar-refractivity contribution in [2.24, 2.45) is 22.4 Å². The maximum Gasteiger partial charge on any atom is 0.136 e. The normalized spacial score (nSPS) is 31.1. The lowest BCUT2D eigenvalue weighted by molar-refractivity contribution is -0.125. The molecule has 1 heterocycles. The number of allylic oxidation sites excluding steroid dienone is 4. The second-order valence-corrected chi connectivity index (χ2v) is 10.5. The summed E-state index contributed by atoms with van der Waals surface area (Å²) in [5.74, 6) is 1.64. The van der Waals surface area contributed by atoms with Crippen molar-refractivity contribution in [1.29, 1.82) is 0 Å². The minimum absolute atomic E-state index is 0.235. The van der Waals surface area contributed by atoms with E-state index < -0.39 is 5.60 Å². The molecule has 4 aliphatic carbocycles. The molecule has 188 valence electrons. The molecular weight excluding hydrogens is 436 g/mol. The highest BCUT2D eigenvalue weighted by Crippen LogP contribution is 2.57. The van der Waals surface area contributed by atoms with Crippen molar-refractivity contribution >= 4 is 17.9 Å². The first kappa shape index (κ1) is 26.9. The molecule has 1 aromatic rings. The number of hydrogen-bond donors (Lipinski definition) is 1. The first-order valence-electron chi connectivity index (χ1n) is 12.9. The maximum absolute atomic E-state index is 11.8. The minimum atomic E-state index is -0.831. The summed E-state index contributed by atoms with van der Waals surface area (Å²) >= 11 is 0. The number of aromatic nitrogens is 1. The van der Waals surface area contributed by atoms with Crippen molar-refractivity contribution in [3.8, 4) is 0 Å². The number of nitroso groups, excluding NO2 is 1. The Labute approximate surface area is 210 Å². The lowest BCUT2D eigenvalue weighted by Gasteiger charge is -2.41. The fourth-order valence-corrected chi connectivity index (χ4v) is 6.47. The van der Waals surface area contributed by atoms with E-state index in [-0.39, 0.29) is 5.78 Å². The van der Waals surface area contributed by atoms with E-state index in [0.717, 1.165) is 41.9 Å². The average molecular weight is 477 g/mol. The third kappa shape index (κ3) is 6.13. The van der Waals surface area contributed by atoms with Crippen LogP contribution in [0.5, 0.6) is 0 Å². The van der Waals surface area contributed by atoms with Crippen molar-refractivity contribution in [2.75, 3.05) is 7.05 Å². The molecule has 0 aliphatic heterocycles. The standard InChI is InChI=1S/C19H26O2.C10H11N.CH3NO/c1-18-8-2-3-17(18)16-7-10-19(21)12-15(20)5-4-14(19)11-13(16)6-9-18;1-3-5-10-6-7-11-8-9(10)4-2;1-2-3/h6,11,16-17,21H,2-5,7-10,12H2,1H3;3-8H,2H2,1H3;1H3/b;5-3-;/t16?,17?,18?,19-;;/m1../s1. The van der Waals surface area contributed by atoms with Crippen LogP contribution >= 0.6 is 0 Å². The Morgan fingerprint density at radius 2 is 2.00 bits per heavy atom. The molecule has 0 amide bonds. The number of Topliss-reactive ketones (excluding diaryl/α,β-unsaturated/α-hetero) is 1. The fraction of sp³-hybridized carbons (Fsp3) is 0.533. The van der Waals surface area contributed by atoms with Crippen LogP contribution in [0.2, 0.25) is 0 Å². The van der Waals surface area contributed by atoms with Gasteiger partial charge in [0.2, 0.25) is 0 Å². The van der Waals surface area contributed by atoms with Gasteiger partial charge >= 0.3 is 0 Å². The molecule has 5 rings (SSSR count). The zero-order valence-corrected chi connectivity index (χ0v) is 21.5. The van der Waals surface area contributed by atoms with Gasteiger partial charge in [0, 0.05) is 25.2 Å². The molecule has 0 saturated heterocycles. The van der Waals surface area contributed by atoms with Gasteiger partial charge in [0.1, 0.15) is 5.78 Å². The van der Waals surface area contributed by atoms with Crippen molar-refractivity contribution < 1.29 is 9.90 Å². The molecule has 4 aliphatic rings. The van der Waals surface area contributed by atoms with Gasteiger partial charge in [-0.3, -0.25) is 9.78 Å². The van der Waals surface area contributed by atoms with Crippen LogP contribution in [-0.2, 0) is 4.79 Å². The van der Waals surface area contributed by atoms with E-state index in [1.165, 1.54) is 38.3 Å². The molecule has 5 nitrogen and oxygen atoms in total. The summed E-state index contributed by atoms with van der Waals surface area (Å²) in [6.07, 6.45) is 23.0. The van der Waals surface area contributed by atoms with Gasteiger partial charge in [-0.25, -0.2) is 0 Å². The van der Waals surface area contributed by atoms with Crippen molar-refractivity contribution in [3.05, 3.63) is 70.4 Å². The van der Waals surface area contributed by atoms with Crippen molar-refractivity contribution in [1.82, 2.24) is 4.98 Å². The number of fused-ring (bicyclic) bond motifs is 4. The Morgan fingerprint density at radius 3 is 2.71 bits per heavy atom. The van der Waals surface area contributed by atoms with Gasteiger partial charge in [-0.1, -0.05) is 55.5 Å². The molecular formula is C30H40N2O3. The van der Waals surface area contributed by atoms with E-state index in [1.807, 2.05) is 37.4 Å². The van der Waals surface area contributed by atoms with E-state index in [9.17, 15) is 9.90 Å². The van der Waals surface area contributed by atoms with Crippen LogP contribution in [0, 0.1) is 22.2 Å². The van der Waals surface area contributed by atoms with E-state index in [4.69, 9.17) is 4.91 Å². The summed E-state index contributed by atoms with van der Waals surface area (Å²) in [4.78, 5) is 24.3. The summed E-state index contributed by atoms with van der Waals surface area (Å²) < 4.78 is 0. The molecule has 5 heteroatoms. The lowest BCUT2D eigenvalue weighted by Crippen LogP contribution is -2.38. The Balaban J connectivity index is 0.000000207. The Bertz CT molecular complexity index is 1020. The average Bonchev–Trinajstić information content (AvgIpc) is 3.16. The smallest absolute Gasteiger partial charge is 0.136 e. The van der Waals surface area contributed by atoms with Crippen LogP contribution in [0.1, 0.15) is 82.8 Å². The maximum atomic E-state index is 11.8. The fourth-order valence-electron chi connectivity index (χ4n) is 6.47. The minimum Gasteiger partial charge on any atom is -0.385 e. The largest absolute Gasteiger partial charge is 0.385 e. The Hall–Kier alpha value is -2.66. The van der Waals surface area contributed by atoms with Gasteiger partial charge in [-0.15, -0.1) is 0 Å². The summed E-state index contributed by atoms with van der Waals surface area (Å²) in [5.41, 5.74) is 4.50. The van der Waals surface area contributed by atoms with Crippen molar-refractivity contribution in [3.63, 3.8) is 0 Å². The Kier molecular flexibility index (Phi) is 9.12. The molecule has 35 heavy (non-hydrogen) atoms. The third-order valence-corrected chi connectivity index (χ3v) is 8.30. The highest BCUT2D eigenvalue weighted by Gasteiger charge is 2.48. The number of ketones is 1. The SMILES string of the molecule is C=Cc1cnccc1/C=C\C.CC12CC=C3C=C4CCC(=O)C[C@]4(O)CCC3C1CCC2.CN=O. The van der Waals surface area contributed by atoms with Crippen LogP contribution < -0.4 is 0 Å². The van der Waals surface area contributed by atoms with Gasteiger partial charge in [-0.2, -0.15) is 4.91 Å². The second-order valence-electron chi connectivity index (χ2n) is 10.5. The predicted octanol–water partition coefficient (Wildman–Crippen LogP) is 7.08. The van der Waals surface area contributed by atoms with E-state index in [0.29, 0.717) is 24.2 Å². The molecule has 0 spiro atoms. The van der Waals surface area contributed by atoms with Crippen LogP contribution in [0.25, 0.3) is 12.2 Å². The Morgan fingerprint density at radius 1 is 1.23 bits per heavy atom. The summed E-state index contributed by atoms with van der Waals surface area (Å²) in [7, 11) is 1.19. The number of nitrogens with zero attached hydrogens (tertiary/aromatic N) is 2. The first-order valence-corrected chi connectivity index (χ1v) is 12.9. The van der Waals surface area contributed by atoms with Gasteiger partial charge in [0.15, 0.2) is 0 Å². The highest BCUT2D eigenvalue weighted by molar-refractivity contribution is 5.82. The predicted molar refractivity (Wildman–Crippen MR) is 144 cm³/mol. The number of aliphatic hydroxyl groups is 1. The van der Waals surface area contributed by atoms with Crippen LogP contribution in [0.15, 0.2) is 59.6 Å². The summed E-state index contributed by atoms with van der Waals surface area (Å²) in [6.45, 7) is 8.15. The molecule has 0 aromatic carbocycles. The van der Waals surface area contributed by atoms with Crippen LogP contribution in [0.4, 0.5) is 0 Å². The monoisotopic (exact) mass is 476 g/mol. The van der Waals surface area contributed by atoms with Crippen LogP contribution in [-0.4, -0.2) is 28.5 Å². The van der Waals surface area contributed by atoms with E-state index in [2.05, 4.69) is 35.8 Å². The van der Waals surface area contributed by atoms with Gasteiger partial charge < -0.3 is 5.11 Å². The number of hydrogen-bond acceptors (Lipinski definition) is 5. The molecule has 0 radical (unpaired) electrons. The van der Waals surface area contributed by atoms with Gasteiger partial charge in [0.25, 0.3) is 0 Å². The lowest BCUT2D eigenvalue weighted by atomic mass is 9.64. The molecule has 2 saturated carbocycles. The quantitative estimate of drug-likeness (QED) is 0.462. The number of carbonyl (C=O) groups excluding carboxylic acids is 1. The number of rotatable bonds is 2. The zero-order chi connectivity index (χ0) is 25.5. The van der Waals surface area contributed by atoms with Gasteiger partial charge in [0.05, 0.1) is 12.6 Å². The first-order chi connectivity index (χ1) is 16.8. The van der Waals surface area contributed by atoms with E-state index >= 15 is 0 Å². The molecule has 2 fully saturated rings. The summed E-state index contributed by atoms with van der Waals surface area (Å²) in [5, 5.41) is 13.2. The topological polar surface area (TPSA) is 79.6 Å². The third-order valence-electron chi connectivity index (χ3n) is 8.30. The molecule has 1 N–H and O–H groups in total. The summed E-state index contributed by atoms with van der Waals surface area (Å²) in [6, 6.07) is 1.97. The number of carbonyl (C=O) groups is 1. The van der Waals surface area contributed by atoms with E-state index in [1.54, 1.807) is 6.20 Å². The zero-order valence-electron chi connectivity index (χ0n) is 21.5. The molecule has 3 unspecified atom stereocenters. The highest BCUT2D eigenvalue weighted by atomic mass is 16.3. The van der Waals surface area contributed by atoms with Crippen molar-refractivity contribution in [2.45, 2.75) is 77.2 Å².